The van der Waals surface area contributed by atoms with Gasteiger partial charge >= 0.3 is 5.97 Å². The first-order chi connectivity index (χ1) is 13.1. The van der Waals surface area contributed by atoms with Gasteiger partial charge < -0.3 is 15.4 Å². The average molecular weight is 362 g/mol. The number of esters is 1. The Morgan fingerprint density at radius 3 is 2.48 bits per heavy atom. The van der Waals surface area contributed by atoms with Crippen LogP contribution in [0, 0.1) is 6.92 Å². The first-order valence-corrected chi connectivity index (χ1v) is 8.23. The van der Waals surface area contributed by atoms with E-state index in [1.165, 1.54) is 7.11 Å². The first-order valence-electron chi connectivity index (χ1n) is 8.23. The molecule has 0 aliphatic heterocycles. The second-order valence-corrected chi connectivity index (χ2v) is 5.79. The Labute approximate surface area is 156 Å². The van der Waals surface area contributed by atoms with Crippen molar-refractivity contribution in [3.8, 4) is 0 Å². The van der Waals surface area contributed by atoms with Crippen LogP contribution >= 0.6 is 0 Å². The van der Waals surface area contributed by atoms with E-state index >= 15 is 0 Å². The highest BCUT2D eigenvalue weighted by Gasteiger charge is 2.13. The van der Waals surface area contributed by atoms with E-state index in [0.717, 1.165) is 5.56 Å². The Kier molecular flexibility index (Phi) is 5.41. The third-order valence-electron chi connectivity index (χ3n) is 3.77. The maximum Gasteiger partial charge on any atom is 0.339 e. The zero-order chi connectivity index (χ0) is 19.2. The van der Waals surface area contributed by atoms with Gasteiger partial charge in [0, 0.05) is 5.69 Å². The van der Waals surface area contributed by atoms with Crippen molar-refractivity contribution < 1.29 is 14.3 Å². The molecule has 0 radical (unpaired) electrons. The Bertz CT molecular complexity index is 971. The molecule has 1 heterocycles. The van der Waals surface area contributed by atoms with Crippen LogP contribution in [-0.2, 0) is 4.74 Å². The topological polar surface area (TPSA) is 93.2 Å². The second-order valence-electron chi connectivity index (χ2n) is 5.79. The van der Waals surface area contributed by atoms with Crippen LogP contribution in [0.4, 0.5) is 17.2 Å². The molecule has 0 saturated carbocycles. The van der Waals surface area contributed by atoms with Crippen molar-refractivity contribution in [3.63, 3.8) is 0 Å². The fourth-order valence-corrected chi connectivity index (χ4v) is 2.46. The van der Waals surface area contributed by atoms with E-state index in [9.17, 15) is 9.59 Å². The van der Waals surface area contributed by atoms with Crippen LogP contribution in [-0.4, -0.2) is 29.2 Å². The number of benzene rings is 2. The molecule has 3 rings (SSSR count). The zero-order valence-electron chi connectivity index (χ0n) is 14.9. The third-order valence-corrected chi connectivity index (χ3v) is 3.77. The summed E-state index contributed by atoms with van der Waals surface area (Å²) in [6.07, 6.45) is 0. The maximum atomic E-state index is 12.3. The van der Waals surface area contributed by atoms with Gasteiger partial charge in [-0.1, -0.05) is 24.3 Å². The number of rotatable bonds is 5. The number of aryl methyl sites for hydroxylation is 1. The summed E-state index contributed by atoms with van der Waals surface area (Å²) in [5, 5.41) is 13.7. The van der Waals surface area contributed by atoms with Gasteiger partial charge in [0.1, 0.15) is 0 Å². The van der Waals surface area contributed by atoms with E-state index < -0.39 is 5.97 Å². The lowest BCUT2D eigenvalue weighted by molar-refractivity contribution is 0.0601. The highest BCUT2D eigenvalue weighted by Crippen LogP contribution is 2.20. The number of ether oxygens (including phenoxy) is 1. The minimum Gasteiger partial charge on any atom is -0.465 e. The molecule has 0 fully saturated rings. The van der Waals surface area contributed by atoms with Gasteiger partial charge in [0.05, 0.1) is 18.4 Å². The molecule has 0 aliphatic carbocycles. The van der Waals surface area contributed by atoms with Gasteiger partial charge in [-0.15, -0.1) is 10.2 Å². The molecule has 1 amide bonds. The van der Waals surface area contributed by atoms with E-state index in [1.807, 2.05) is 25.1 Å². The summed E-state index contributed by atoms with van der Waals surface area (Å²) in [6.45, 7) is 1.95. The summed E-state index contributed by atoms with van der Waals surface area (Å²) in [4.78, 5) is 24.1. The predicted octanol–water partition coefficient (Wildman–Crippen LogP) is 3.57. The normalized spacial score (nSPS) is 10.1. The number of carbonyl (C=O) groups excluding carboxylic acids is 2. The summed E-state index contributed by atoms with van der Waals surface area (Å²) in [6, 6.07) is 17.5. The van der Waals surface area contributed by atoms with Gasteiger partial charge in [-0.3, -0.25) is 4.79 Å². The lowest BCUT2D eigenvalue weighted by Crippen LogP contribution is -2.14. The summed E-state index contributed by atoms with van der Waals surface area (Å²) >= 11 is 0. The monoisotopic (exact) mass is 362 g/mol. The van der Waals surface area contributed by atoms with Crippen LogP contribution in [0.25, 0.3) is 0 Å². The number of carbonyl (C=O) groups is 2. The van der Waals surface area contributed by atoms with Crippen molar-refractivity contribution in [2.75, 3.05) is 17.7 Å². The zero-order valence-corrected chi connectivity index (χ0v) is 14.9. The molecule has 27 heavy (non-hydrogen) atoms. The maximum absolute atomic E-state index is 12.3. The average Bonchev–Trinajstić information content (AvgIpc) is 2.68. The van der Waals surface area contributed by atoms with Crippen LogP contribution in [0.15, 0.2) is 60.7 Å². The van der Waals surface area contributed by atoms with Gasteiger partial charge in [-0.05, 0) is 48.9 Å². The Morgan fingerprint density at radius 1 is 0.963 bits per heavy atom. The lowest BCUT2D eigenvalue weighted by Gasteiger charge is -2.10. The number of nitrogens with one attached hydrogen (secondary N) is 2. The molecular weight excluding hydrogens is 344 g/mol. The Hall–Kier alpha value is -3.74. The van der Waals surface area contributed by atoms with Crippen molar-refractivity contribution in [1.29, 1.82) is 0 Å². The highest BCUT2D eigenvalue weighted by molar-refractivity contribution is 6.03. The molecule has 3 aromatic rings. The van der Waals surface area contributed by atoms with E-state index in [1.54, 1.807) is 42.5 Å². The number of hydrogen-bond acceptors (Lipinski definition) is 6. The van der Waals surface area contributed by atoms with Crippen LogP contribution in [0.1, 0.15) is 26.4 Å². The van der Waals surface area contributed by atoms with Crippen molar-refractivity contribution >= 4 is 29.1 Å². The molecule has 7 nitrogen and oxygen atoms in total. The van der Waals surface area contributed by atoms with Crippen molar-refractivity contribution in [2.45, 2.75) is 6.92 Å². The summed E-state index contributed by atoms with van der Waals surface area (Å²) in [5.41, 5.74) is 2.83. The van der Waals surface area contributed by atoms with Gasteiger partial charge in [0.15, 0.2) is 11.5 Å². The van der Waals surface area contributed by atoms with Gasteiger partial charge in [0.2, 0.25) is 0 Å². The molecular formula is C20H18N4O3. The molecule has 2 N–H and O–H groups in total. The minimum atomic E-state index is -0.458. The third kappa shape index (κ3) is 4.46. The van der Waals surface area contributed by atoms with Crippen molar-refractivity contribution in [1.82, 2.24) is 10.2 Å². The summed E-state index contributed by atoms with van der Waals surface area (Å²) in [7, 11) is 1.32. The lowest BCUT2D eigenvalue weighted by atomic mass is 10.2. The molecule has 0 aliphatic rings. The van der Waals surface area contributed by atoms with E-state index in [0.29, 0.717) is 22.8 Å². The highest BCUT2D eigenvalue weighted by atomic mass is 16.5. The van der Waals surface area contributed by atoms with Crippen LogP contribution in [0.5, 0.6) is 0 Å². The van der Waals surface area contributed by atoms with Crippen LogP contribution < -0.4 is 10.6 Å². The van der Waals surface area contributed by atoms with Gasteiger partial charge in [-0.25, -0.2) is 4.79 Å². The van der Waals surface area contributed by atoms with Crippen molar-refractivity contribution in [2.24, 2.45) is 0 Å². The summed E-state index contributed by atoms with van der Waals surface area (Å²) < 4.78 is 4.76. The SMILES string of the molecule is COC(=O)c1ccccc1Nc1ccc(C(=O)Nc2cccc(C)c2)nn1. The molecule has 0 atom stereocenters. The van der Waals surface area contributed by atoms with Gasteiger partial charge in [-0.2, -0.15) is 0 Å². The molecule has 0 spiro atoms. The smallest absolute Gasteiger partial charge is 0.339 e. The van der Waals surface area contributed by atoms with E-state index in [-0.39, 0.29) is 11.6 Å². The standard InChI is InChI=1S/C20H18N4O3/c1-13-6-5-7-14(12-13)21-19(25)17-10-11-18(24-23-17)22-16-9-4-3-8-15(16)20(26)27-2/h3-12H,1-2H3,(H,21,25)(H,22,24). The number of amides is 1. The Balaban J connectivity index is 1.72. The van der Waals surface area contributed by atoms with E-state index in [4.69, 9.17) is 4.74 Å². The fraction of sp³-hybridized carbons (Fsp3) is 0.100. The minimum absolute atomic E-state index is 0.184. The molecule has 0 bridgehead atoms. The van der Waals surface area contributed by atoms with Gasteiger partial charge in [0.25, 0.3) is 5.91 Å². The first kappa shape index (κ1) is 18.1. The second kappa shape index (κ2) is 8.09. The van der Waals surface area contributed by atoms with Crippen molar-refractivity contribution in [3.05, 3.63) is 77.5 Å². The number of hydrogen-bond donors (Lipinski definition) is 2. The molecule has 136 valence electrons. The number of methoxy groups -OCH3 is 1. The molecule has 1 aromatic heterocycles. The number of para-hydroxylation sites is 1. The fourth-order valence-electron chi connectivity index (χ4n) is 2.46. The number of anilines is 3. The van der Waals surface area contributed by atoms with Crippen LogP contribution in [0.2, 0.25) is 0 Å². The van der Waals surface area contributed by atoms with E-state index in [2.05, 4.69) is 20.8 Å². The predicted molar refractivity (Wildman–Crippen MR) is 102 cm³/mol. The quantitative estimate of drug-likeness (QED) is 0.674. The molecule has 7 heteroatoms. The van der Waals surface area contributed by atoms with Crippen LogP contribution in [0.3, 0.4) is 0 Å². The Morgan fingerprint density at radius 2 is 1.78 bits per heavy atom. The largest absolute Gasteiger partial charge is 0.465 e. The molecule has 0 unspecified atom stereocenters. The summed E-state index contributed by atoms with van der Waals surface area (Å²) in [5.74, 6) is -0.409. The molecule has 2 aromatic carbocycles. The number of aromatic nitrogens is 2. The molecule has 0 saturated heterocycles. The number of nitrogens with zero attached hydrogens (tertiary/aromatic N) is 2.